The number of hydrogen-bond acceptors (Lipinski definition) is 1. The zero-order valence-electron chi connectivity index (χ0n) is 18.3. The maximum absolute atomic E-state index is 6.23. The lowest BCUT2D eigenvalue weighted by Crippen LogP contribution is -2.17. The van der Waals surface area contributed by atoms with Crippen LogP contribution in [-0.4, -0.2) is 12.2 Å². The fraction of sp³-hybridized carbons (Fsp3) is 0.538. The molecule has 0 heterocycles. The highest BCUT2D eigenvalue weighted by molar-refractivity contribution is 5.31. The number of benzene rings is 2. The average molecular weight is 367 g/mol. The van der Waals surface area contributed by atoms with Crippen molar-refractivity contribution in [3.05, 3.63) is 69.8 Å². The van der Waals surface area contributed by atoms with Gasteiger partial charge in [0.05, 0.1) is 12.2 Å². The lowest BCUT2D eigenvalue weighted by Gasteiger charge is -2.20. The van der Waals surface area contributed by atoms with Crippen molar-refractivity contribution in [1.29, 1.82) is 0 Å². The third kappa shape index (κ3) is 7.50. The summed E-state index contributed by atoms with van der Waals surface area (Å²) in [6.07, 6.45) is 7.64. The third-order valence-corrected chi connectivity index (χ3v) is 5.59. The monoisotopic (exact) mass is 366 g/mol. The first-order valence-electron chi connectivity index (χ1n) is 10.6. The van der Waals surface area contributed by atoms with Gasteiger partial charge in [-0.1, -0.05) is 47.5 Å². The Morgan fingerprint density at radius 1 is 0.667 bits per heavy atom. The molecule has 0 aliphatic carbocycles. The molecular weight excluding hydrogens is 328 g/mol. The van der Waals surface area contributed by atoms with E-state index in [-0.39, 0.29) is 0 Å². The van der Waals surface area contributed by atoms with Gasteiger partial charge in [0.15, 0.2) is 0 Å². The molecule has 2 aromatic rings. The Labute approximate surface area is 167 Å². The zero-order valence-corrected chi connectivity index (χ0v) is 18.3. The first-order chi connectivity index (χ1) is 12.8. The number of rotatable bonds is 10. The molecule has 0 spiro atoms. The maximum atomic E-state index is 6.23. The van der Waals surface area contributed by atoms with E-state index < -0.39 is 0 Å². The lowest BCUT2D eigenvalue weighted by molar-refractivity contribution is -0.00163. The molecule has 1 heteroatoms. The molecule has 2 aromatic carbocycles. The predicted molar refractivity (Wildman–Crippen MR) is 118 cm³/mol. The van der Waals surface area contributed by atoms with Crippen molar-refractivity contribution in [2.45, 2.75) is 92.3 Å². The second-order valence-corrected chi connectivity index (χ2v) is 8.40. The minimum absolute atomic E-state index is 0.339. The smallest absolute Gasteiger partial charge is 0.0550 e. The highest BCUT2D eigenvalue weighted by Crippen LogP contribution is 2.18. The summed E-state index contributed by atoms with van der Waals surface area (Å²) in [4.78, 5) is 0. The lowest BCUT2D eigenvalue weighted by atomic mass is 9.99. The highest BCUT2D eigenvalue weighted by atomic mass is 16.5. The van der Waals surface area contributed by atoms with E-state index in [1.807, 2.05) is 0 Å². The maximum Gasteiger partial charge on any atom is 0.0550 e. The Morgan fingerprint density at radius 3 is 1.48 bits per heavy atom. The van der Waals surface area contributed by atoms with E-state index in [4.69, 9.17) is 4.74 Å². The standard InChI is InChI=1S/C26H38O/c1-19-13-15-21(3)25(17-19)11-7-9-23(5)27-24(6)10-8-12-26-18-20(2)14-16-22(26)4/h13-18,23-24H,7-12H2,1-6H3. The van der Waals surface area contributed by atoms with Crippen LogP contribution in [-0.2, 0) is 17.6 Å². The molecule has 0 N–H and O–H groups in total. The zero-order chi connectivity index (χ0) is 19.8. The molecule has 148 valence electrons. The summed E-state index contributed by atoms with van der Waals surface area (Å²) in [6, 6.07) is 13.5. The predicted octanol–water partition coefficient (Wildman–Crippen LogP) is 7.06. The van der Waals surface area contributed by atoms with Crippen LogP contribution in [0.25, 0.3) is 0 Å². The van der Waals surface area contributed by atoms with Crippen LogP contribution in [0.1, 0.15) is 72.9 Å². The molecule has 2 rings (SSSR count). The Morgan fingerprint density at radius 2 is 1.07 bits per heavy atom. The van der Waals surface area contributed by atoms with E-state index in [0.717, 1.165) is 25.7 Å². The van der Waals surface area contributed by atoms with E-state index in [2.05, 4.69) is 77.9 Å². The molecule has 1 nitrogen and oxygen atoms in total. The number of ether oxygens (including phenoxy) is 1. The Kier molecular flexibility index (Phi) is 8.57. The Hall–Kier alpha value is -1.60. The quantitative estimate of drug-likeness (QED) is 0.437. The summed E-state index contributed by atoms with van der Waals surface area (Å²) in [5, 5.41) is 0. The van der Waals surface area contributed by atoms with Crippen LogP contribution in [0.15, 0.2) is 36.4 Å². The summed E-state index contributed by atoms with van der Waals surface area (Å²) in [5.74, 6) is 0. The highest BCUT2D eigenvalue weighted by Gasteiger charge is 2.10. The second-order valence-electron chi connectivity index (χ2n) is 8.40. The Balaban J connectivity index is 1.67. The van der Waals surface area contributed by atoms with Crippen LogP contribution in [0, 0.1) is 27.7 Å². The van der Waals surface area contributed by atoms with Crippen LogP contribution in [0.3, 0.4) is 0 Å². The van der Waals surface area contributed by atoms with Gasteiger partial charge < -0.3 is 4.74 Å². The second kappa shape index (κ2) is 10.7. The molecule has 0 bridgehead atoms. The normalized spacial score (nSPS) is 13.6. The summed E-state index contributed by atoms with van der Waals surface area (Å²) in [5.41, 5.74) is 8.52. The molecule has 27 heavy (non-hydrogen) atoms. The summed E-state index contributed by atoms with van der Waals surface area (Å²) >= 11 is 0. The van der Waals surface area contributed by atoms with E-state index in [9.17, 15) is 0 Å². The number of aryl methyl sites for hydroxylation is 6. The van der Waals surface area contributed by atoms with Crippen LogP contribution in [0.5, 0.6) is 0 Å². The van der Waals surface area contributed by atoms with Crippen molar-refractivity contribution >= 4 is 0 Å². The van der Waals surface area contributed by atoms with Gasteiger partial charge in [-0.25, -0.2) is 0 Å². The van der Waals surface area contributed by atoms with Gasteiger partial charge in [0.2, 0.25) is 0 Å². The van der Waals surface area contributed by atoms with Crippen LogP contribution in [0.4, 0.5) is 0 Å². The fourth-order valence-corrected chi connectivity index (χ4v) is 3.83. The van der Waals surface area contributed by atoms with Crippen LogP contribution in [0.2, 0.25) is 0 Å². The summed E-state index contributed by atoms with van der Waals surface area (Å²) < 4.78 is 6.23. The van der Waals surface area contributed by atoms with E-state index in [1.54, 1.807) is 0 Å². The minimum atomic E-state index is 0.339. The number of hydrogen-bond donors (Lipinski definition) is 0. The summed E-state index contributed by atoms with van der Waals surface area (Å²) in [6.45, 7) is 13.2. The average Bonchev–Trinajstić information content (AvgIpc) is 2.61. The molecule has 0 amide bonds. The SMILES string of the molecule is Cc1ccc(C)c(CCCC(C)OC(C)CCCc2cc(C)ccc2C)c1. The molecule has 0 saturated carbocycles. The van der Waals surface area contributed by atoms with Gasteiger partial charge in [-0.15, -0.1) is 0 Å². The van der Waals surface area contributed by atoms with E-state index >= 15 is 0 Å². The molecule has 2 unspecified atom stereocenters. The summed E-state index contributed by atoms with van der Waals surface area (Å²) in [7, 11) is 0. The van der Waals surface area contributed by atoms with Gasteiger partial charge in [0, 0.05) is 0 Å². The molecule has 0 fully saturated rings. The molecule has 0 aromatic heterocycles. The van der Waals surface area contributed by atoms with Gasteiger partial charge >= 0.3 is 0 Å². The first-order valence-corrected chi connectivity index (χ1v) is 10.6. The fourth-order valence-electron chi connectivity index (χ4n) is 3.83. The molecule has 0 saturated heterocycles. The third-order valence-electron chi connectivity index (χ3n) is 5.59. The molecule has 0 aliphatic rings. The molecular formula is C26H38O. The molecule has 0 radical (unpaired) electrons. The van der Waals surface area contributed by atoms with Crippen molar-refractivity contribution in [2.75, 3.05) is 0 Å². The van der Waals surface area contributed by atoms with Gasteiger partial charge in [0.25, 0.3) is 0 Å². The van der Waals surface area contributed by atoms with Crippen molar-refractivity contribution < 1.29 is 4.74 Å². The van der Waals surface area contributed by atoms with Crippen LogP contribution >= 0.6 is 0 Å². The van der Waals surface area contributed by atoms with Crippen molar-refractivity contribution in [3.63, 3.8) is 0 Å². The Bertz CT molecular complexity index is 655. The molecule has 2 atom stereocenters. The van der Waals surface area contributed by atoms with Gasteiger partial charge in [0.1, 0.15) is 0 Å². The minimum Gasteiger partial charge on any atom is -0.376 e. The van der Waals surface area contributed by atoms with Gasteiger partial charge in [-0.3, -0.25) is 0 Å². The molecule has 0 aliphatic heterocycles. The van der Waals surface area contributed by atoms with Gasteiger partial charge in [-0.05, 0) is 102 Å². The largest absolute Gasteiger partial charge is 0.376 e. The van der Waals surface area contributed by atoms with Crippen molar-refractivity contribution in [3.8, 4) is 0 Å². The topological polar surface area (TPSA) is 9.23 Å². The van der Waals surface area contributed by atoms with Gasteiger partial charge in [-0.2, -0.15) is 0 Å². The van der Waals surface area contributed by atoms with Crippen molar-refractivity contribution in [1.82, 2.24) is 0 Å². The van der Waals surface area contributed by atoms with E-state index in [0.29, 0.717) is 12.2 Å². The van der Waals surface area contributed by atoms with E-state index in [1.165, 1.54) is 46.2 Å². The first kappa shape index (κ1) is 21.7. The van der Waals surface area contributed by atoms with Crippen LogP contribution < -0.4 is 0 Å². The van der Waals surface area contributed by atoms with Crippen molar-refractivity contribution in [2.24, 2.45) is 0 Å².